The molecule has 1 fully saturated rings. The molecule has 0 saturated heterocycles. The smallest absolute Gasteiger partial charge is 0.0231 e. The molecular weight excluding hydrogens is 306 g/mol. The van der Waals surface area contributed by atoms with Crippen LogP contribution in [-0.2, 0) is 6.54 Å². The Bertz CT molecular complexity index is 394. The van der Waals surface area contributed by atoms with E-state index < -0.39 is 0 Å². The van der Waals surface area contributed by atoms with Crippen molar-refractivity contribution in [3.63, 3.8) is 0 Å². The van der Waals surface area contributed by atoms with Gasteiger partial charge in [-0.1, -0.05) is 41.8 Å². The van der Waals surface area contributed by atoms with E-state index in [0.717, 1.165) is 17.7 Å². The summed E-state index contributed by atoms with van der Waals surface area (Å²) in [7, 11) is 1.98. The summed E-state index contributed by atoms with van der Waals surface area (Å²) in [4.78, 5) is 1.40. The van der Waals surface area contributed by atoms with E-state index in [4.69, 9.17) is 0 Å². The molecule has 0 spiro atoms. The molecular formula is C15H22BrNS. The molecule has 1 N–H and O–H groups in total. The van der Waals surface area contributed by atoms with Gasteiger partial charge in [0.05, 0.1) is 0 Å². The average Bonchev–Trinajstić information content (AvgIpc) is 2.33. The first-order valence-electron chi connectivity index (χ1n) is 6.78. The maximum atomic E-state index is 3.67. The number of hydrogen-bond acceptors (Lipinski definition) is 2. The van der Waals surface area contributed by atoms with Crippen LogP contribution in [-0.4, -0.2) is 12.3 Å². The van der Waals surface area contributed by atoms with Crippen LogP contribution in [0.4, 0.5) is 0 Å². The van der Waals surface area contributed by atoms with Crippen molar-refractivity contribution >= 4 is 27.7 Å². The van der Waals surface area contributed by atoms with Gasteiger partial charge in [-0.15, -0.1) is 11.8 Å². The minimum Gasteiger partial charge on any atom is -0.316 e. The van der Waals surface area contributed by atoms with Crippen molar-refractivity contribution in [3.8, 4) is 0 Å². The predicted octanol–water partition coefficient (Wildman–Crippen LogP) is 4.84. The summed E-state index contributed by atoms with van der Waals surface area (Å²) in [6.45, 7) is 3.31. The third-order valence-corrected chi connectivity index (χ3v) is 5.61. The monoisotopic (exact) mass is 327 g/mol. The molecule has 0 aliphatic heterocycles. The maximum Gasteiger partial charge on any atom is 0.0231 e. The normalized spacial score (nSPS) is 24.2. The molecule has 2 atom stereocenters. The molecule has 2 rings (SSSR count). The Labute approximate surface area is 123 Å². The molecule has 18 heavy (non-hydrogen) atoms. The maximum absolute atomic E-state index is 3.67. The van der Waals surface area contributed by atoms with E-state index >= 15 is 0 Å². The van der Waals surface area contributed by atoms with Crippen LogP contribution in [0.15, 0.2) is 27.6 Å². The van der Waals surface area contributed by atoms with Crippen molar-refractivity contribution in [2.45, 2.75) is 49.3 Å². The first-order chi connectivity index (χ1) is 8.69. The van der Waals surface area contributed by atoms with Crippen LogP contribution in [0.2, 0.25) is 0 Å². The summed E-state index contributed by atoms with van der Waals surface area (Å²) < 4.78 is 1.23. The number of benzene rings is 1. The van der Waals surface area contributed by atoms with Crippen LogP contribution in [0.3, 0.4) is 0 Å². The second-order valence-electron chi connectivity index (χ2n) is 5.30. The van der Waals surface area contributed by atoms with Crippen LogP contribution in [0.1, 0.15) is 38.2 Å². The van der Waals surface area contributed by atoms with E-state index in [0.29, 0.717) is 0 Å². The summed E-state index contributed by atoms with van der Waals surface area (Å²) in [5.41, 5.74) is 1.33. The Hall–Kier alpha value is 0.01000. The molecule has 0 amide bonds. The zero-order chi connectivity index (χ0) is 13.0. The zero-order valence-electron chi connectivity index (χ0n) is 11.2. The minimum atomic E-state index is 0.816. The fourth-order valence-electron chi connectivity index (χ4n) is 2.61. The molecule has 1 aromatic carbocycles. The van der Waals surface area contributed by atoms with E-state index in [1.807, 2.05) is 7.05 Å². The van der Waals surface area contributed by atoms with Gasteiger partial charge < -0.3 is 5.32 Å². The van der Waals surface area contributed by atoms with Crippen LogP contribution in [0, 0.1) is 5.92 Å². The highest BCUT2D eigenvalue weighted by atomic mass is 79.9. The largest absolute Gasteiger partial charge is 0.316 e. The summed E-state index contributed by atoms with van der Waals surface area (Å²) in [6, 6.07) is 6.77. The molecule has 1 aromatic rings. The first kappa shape index (κ1) is 14.4. The highest BCUT2D eigenvalue weighted by molar-refractivity contribution is 9.10. The van der Waals surface area contributed by atoms with Crippen molar-refractivity contribution in [2.24, 2.45) is 5.92 Å². The topological polar surface area (TPSA) is 12.0 Å². The van der Waals surface area contributed by atoms with Crippen LogP contribution >= 0.6 is 27.7 Å². The Kier molecular flexibility index (Phi) is 5.58. The Balaban J connectivity index is 1.99. The second kappa shape index (κ2) is 6.97. The van der Waals surface area contributed by atoms with Gasteiger partial charge in [0.2, 0.25) is 0 Å². The fourth-order valence-corrected chi connectivity index (χ4v) is 4.71. The second-order valence-corrected chi connectivity index (χ2v) is 7.52. The van der Waals surface area contributed by atoms with Crippen molar-refractivity contribution in [2.75, 3.05) is 7.05 Å². The van der Waals surface area contributed by atoms with Gasteiger partial charge in [0.25, 0.3) is 0 Å². The molecule has 1 saturated carbocycles. The van der Waals surface area contributed by atoms with E-state index in [-0.39, 0.29) is 0 Å². The first-order valence-corrected chi connectivity index (χ1v) is 8.46. The standard InChI is InChI=1S/C15H22BrNS/c1-11-4-3-5-13(8-11)18-14-7-6-12(10-17-2)15(16)9-14/h6-7,9,11,13,17H,3-5,8,10H2,1-2H3. The number of hydrogen-bond donors (Lipinski definition) is 1. The third kappa shape index (κ3) is 4.01. The molecule has 0 radical (unpaired) electrons. The van der Waals surface area contributed by atoms with Gasteiger partial charge in [0, 0.05) is 21.2 Å². The molecule has 1 aliphatic carbocycles. The molecule has 100 valence electrons. The summed E-state index contributed by atoms with van der Waals surface area (Å²) in [5, 5.41) is 4.01. The molecule has 2 unspecified atom stereocenters. The number of rotatable bonds is 4. The lowest BCUT2D eigenvalue weighted by atomic mass is 9.91. The van der Waals surface area contributed by atoms with Crippen LogP contribution in [0.5, 0.6) is 0 Å². The van der Waals surface area contributed by atoms with Gasteiger partial charge >= 0.3 is 0 Å². The SMILES string of the molecule is CNCc1ccc(SC2CCCC(C)C2)cc1Br. The van der Waals surface area contributed by atoms with Gasteiger partial charge in [-0.2, -0.15) is 0 Å². The lowest BCUT2D eigenvalue weighted by molar-refractivity contribution is 0.394. The van der Waals surface area contributed by atoms with Gasteiger partial charge in [-0.25, -0.2) is 0 Å². The van der Waals surface area contributed by atoms with E-state index in [1.54, 1.807) is 0 Å². The zero-order valence-corrected chi connectivity index (χ0v) is 13.6. The molecule has 3 heteroatoms. The summed E-state index contributed by atoms with van der Waals surface area (Å²) >= 11 is 5.73. The summed E-state index contributed by atoms with van der Waals surface area (Å²) in [5.74, 6) is 0.906. The molecule has 1 nitrogen and oxygen atoms in total. The van der Waals surface area contributed by atoms with Gasteiger partial charge in [0.15, 0.2) is 0 Å². The van der Waals surface area contributed by atoms with Crippen LogP contribution < -0.4 is 5.32 Å². The fraction of sp³-hybridized carbons (Fsp3) is 0.600. The predicted molar refractivity (Wildman–Crippen MR) is 84.2 cm³/mol. The van der Waals surface area contributed by atoms with E-state index in [1.165, 1.54) is 40.6 Å². The highest BCUT2D eigenvalue weighted by Gasteiger charge is 2.19. The van der Waals surface area contributed by atoms with E-state index in [9.17, 15) is 0 Å². The lowest BCUT2D eigenvalue weighted by Gasteiger charge is -2.26. The lowest BCUT2D eigenvalue weighted by Crippen LogP contribution is -2.14. The Morgan fingerprint density at radius 2 is 2.22 bits per heavy atom. The molecule has 0 bridgehead atoms. The third-order valence-electron chi connectivity index (χ3n) is 3.58. The number of halogens is 1. The van der Waals surface area contributed by atoms with Crippen LogP contribution in [0.25, 0.3) is 0 Å². The van der Waals surface area contributed by atoms with Crippen molar-refractivity contribution < 1.29 is 0 Å². The highest BCUT2D eigenvalue weighted by Crippen LogP contribution is 2.37. The quantitative estimate of drug-likeness (QED) is 0.849. The molecule has 1 aliphatic rings. The average molecular weight is 328 g/mol. The van der Waals surface area contributed by atoms with Crippen molar-refractivity contribution in [1.29, 1.82) is 0 Å². The summed E-state index contributed by atoms with van der Waals surface area (Å²) in [6.07, 6.45) is 5.57. The van der Waals surface area contributed by atoms with E-state index in [2.05, 4.69) is 58.1 Å². The van der Waals surface area contributed by atoms with Gasteiger partial charge in [-0.05, 0) is 43.5 Å². The van der Waals surface area contributed by atoms with Crippen molar-refractivity contribution in [3.05, 3.63) is 28.2 Å². The number of nitrogens with one attached hydrogen (secondary N) is 1. The Morgan fingerprint density at radius 1 is 1.39 bits per heavy atom. The van der Waals surface area contributed by atoms with Crippen molar-refractivity contribution in [1.82, 2.24) is 5.32 Å². The Morgan fingerprint density at radius 3 is 2.89 bits per heavy atom. The van der Waals surface area contributed by atoms with Gasteiger partial charge in [-0.3, -0.25) is 0 Å². The number of thioether (sulfide) groups is 1. The van der Waals surface area contributed by atoms with Gasteiger partial charge in [0.1, 0.15) is 0 Å². The minimum absolute atomic E-state index is 0.816. The molecule has 0 aromatic heterocycles. The molecule has 0 heterocycles.